The zero-order valence-corrected chi connectivity index (χ0v) is 16.7. The number of anilines is 3. The van der Waals surface area contributed by atoms with Crippen LogP contribution in [0.3, 0.4) is 0 Å². The monoisotopic (exact) mass is 378 g/mol. The van der Waals surface area contributed by atoms with E-state index in [4.69, 9.17) is 0 Å². The van der Waals surface area contributed by atoms with Crippen LogP contribution in [0.1, 0.15) is 24.8 Å². The van der Waals surface area contributed by atoms with Crippen molar-refractivity contribution in [1.82, 2.24) is 4.90 Å². The predicted molar refractivity (Wildman–Crippen MR) is 116 cm³/mol. The highest BCUT2D eigenvalue weighted by Gasteiger charge is 2.22. The first-order valence-corrected chi connectivity index (χ1v) is 10.4. The molecule has 0 aromatic heterocycles. The standard InChI is InChI=1S/C23H30N4O/c1-19-7-3-4-8-22(19)24-23(28)27-17-15-26(16-18-27)21-11-9-20(10-12-21)25-13-5-2-6-14-25/h3-4,7-12H,2,5-6,13-18H2,1H3,(H,24,28). The normalized spacial score (nSPS) is 17.5. The quantitative estimate of drug-likeness (QED) is 0.863. The van der Waals surface area contributed by atoms with Crippen molar-refractivity contribution in [3.05, 3.63) is 54.1 Å². The van der Waals surface area contributed by atoms with Gasteiger partial charge in [-0.3, -0.25) is 0 Å². The summed E-state index contributed by atoms with van der Waals surface area (Å²) in [4.78, 5) is 19.3. The summed E-state index contributed by atoms with van der Waals surface area (Å²) in [6.07, 6.45) is 3.96. The van der Waals surface area contributed by atoms with Crippen molar-refractivity contribution in [2.45, 2.75) is 26.2 Å². The number of urea groups is 1. The fourth-order valence-electron chi connectivity index (χ4n) is 4.10. The summed E-state index contributed by atoms with van der Waals surface area (Å²) in [6.45, 7) is 7.58. The molecule has 5 nitrogen and oxygen atoms in total. The zero-order valence-electron chi connectivity index (χ0n) is 16.7. The van der Waals surface area contributed by atoms with Gasteiger partial charge in [0.05, 0.1) is 0 Å². The Morgan fingerprint density at radius 2 is 1.32 bits per heavy atom. The molecule has 5 heteroatoms. The van der Waals surface area contributed by atoms with E-state index in [0.29, 0.717) is 0 Å². The van der Waals surface area contributed by atoms with Crippen molar-refractivity contribution in [3.63, 3.8) is 0 Å². The van der Waals surface area contributed by atoms with Gasteiger partial charge in [0, 0.05) is 56.3 Å². The molecule has 0 bridgehead atoms. The SMILES string of the molecule is Cc1ccccc1NC(=O)N1CCN(c2ccc(N3CCCCC3)cc2)CC1. The molecule has 2 heterocycles. The summed E-state index contributed by atoms with van der Waals surface area (Å²) in [5.74, 6) is 0. The maximum atomic E-state index is 12.6. The molecule has 2 aliphatic heterocycles. The Labute approximate surface area is 167 Å². The van der Waals surface area contributed by atoms with E-state index in [1.54, 1.807) is 0 Å². The average molecular weight is 379 g/mol. The highest BCUT2D eigenvalue weighted by atomic mass is 16.2. The number of para-hydroxylation sites is 1. The van der Waals surface area contributed by atoms with E-state index in [1.165, 1.54) is 43.7 Å². The minimum absolute atomic E-state index is 0.00519. The number of rotatable bonds is 3. The van der Waals surface area contributed by atoms with Crippen molar-refractivity contribution in [2.75, 3.05) is 54.4 Å². The maximum absolute atomic E-state index is 12.6. The average Bonchev–Trinajstić information content (AvgIpc) is 2.76. The summed E-state index contributed by atoms with van der Waals surface area (Å²) in [5.41, 5.74) is 4.56. The molecule has 0 spiro atoms. The van der Waals surface area contributed by atoms with Gasteiger partial charge in [-0.1, -0.05) is 18.2 Å². The van der Waals surface area contributed by atoms with Gasteiger partial charge < -0.3 is 20.0 Å². The number of hydrogen-bond acceptors (Lipinski definition) is 3. The molecule has 2 aromatic rings. The molecular formula is C23H30N4O. The van der Waals surface area contributed by atoms with E-state index in [2.05, 4.69) is 39.4 Å². The highest BCUT2D eigenvalue weighted by molar-refractivity contribution is 5.90. The maximum Gasteiger partial charge on any atom is 0.321 e. The van der Waals surface area contributed by atoms with Crippen LogP contribution in [-0.2, 0) is 0 Å². The lowest BCUT2D eigenvalue weighted by Gasteiger charge is -2.36. The number of piperazine rings is 1. The van der Waals surface area contributed by atoms with E-state index in [1.807, 2.05) is 36.1 Å². The van der Waals surface area contributed by atoms with Gasteiger partial charge in [0.1, 0.15) is 0 Å². The van der Waals surface area contributed by atoms with E-state index in [0.717, 1.165) is 37.4 Å². The van der Waals surface area contributed by atoms with E-state index < -0.39 is 0 Å². The molecule has 148 valence electrons. The van der Waals surface area contributed by atoms with Crippen LogP contribution in [0.5, 0.6) is 0 Å². The zero-order chi connectivity index (χ0) is 19.3. The second-order valence-electron chi connectivity index (χ2n) is 7.78. The Morgan fingerprint density at radius 1 is 0.750 bits per heavy atom. The highest BCUT2D eigenvalue weighted by Crippen LogP contribution is 2.24. The molecule has 2 amide bonds. The van der Waals surface area contributed by atoms with Gasteiger partial charge in [-0.25, -0.2) is 4.79 Å². The number of benzene rings is 2. The van der Waals surface area contributed by atoms with Gasteiger partial charge in [0.25, 0.3) is 0 Å². The smallest absolute Gasteiger partial charge is 0.321 e. The third-order valence-electron chi connectivity index (χ3n) is 5.89. The Morgan fingerprint density at radius 3 is 1.93 bits per heavy atom. The van der Waals surface area contributed by atoms with Gasteiger partial charge in [0.2, 0.25) is 0 Å². The van der Waals surface area contributed by atoms with E-state index >= 15 is 0 Å². The number of carbonyl (C=O) groups is 1. The number of nitrogens with one attached hydrogen (secondary N) is 1. The molecule has 0 unspecified atom stereocenters. The summed E-state index contributed by atoms with van der Waals surface area (Å²) in [7, 11) is 0. The first-order chi connectivity index (χ1) is 13.7. The lowest BCUT2D eigenvalue weighted by molar-refractivity contribution is 0.208. The van der Waals surface area contributed by atoms with Gasteiger partial charge in [-0.2, -0.15) is 0 Å². The molecule has 2 saturated heterocycles. The number of piperidine rings is 1. The van der Waals surface area contributed by atoms with Crippen LogP contribution in [0.15, 0.2) is 48.5 Å². The van der Waals surface area contributed by atoms with E-state index in [-0.39, 0.29) is 6.03 Å². The second kappa shape index (κ2) is 8.55. The van der Waals surface area contributed by atoms with Crippen LogP contribution in [-0.4, -0.2) is 50.2 Å². The van der Waals surface area contributed by atoms with Crippen LogP contribution in [0.4, 0.5) is 21.9 Å². The third kappa shape index (κ3) is 4.24. The van der Waals surface area contributed by atoms with E-state index in [9.17, 15) is 4.79 Å². The first kappa shape index (κ1) is 18.7. The van der Waals surface area contributed by atoms with Crippen molar-refractivity contribution in [3.8, 4) is 0 Å². The van der Waals surface area contributed by atoms with Crippen LogP contribution in [0.25, 0.3) is 0 Å². The molecule has 0 radical (unpaired) electrons. The minimum Gasteiger partial charge on any atom is -0.372 e. The van der Waals surface area contributed by atoms with Crippen molar-refractivity contribution < 1.29 is 4.79 Å². The molecule has 28 heavy (non-hydrogen) atoms. The molecule has 0 saturated carbocycles. The number of nitrogens with zero attached hydrogens (tertiary/aromatic N) is 3. The topological polar surface area (TPSA) is 38.8 Å². The molecule has 2 aromatic carbocycles. The van der Waals surface area contributed by atoms with Gasteiger partial charge in [-0.05, 0) is 62.1 Å². The number of aryl methyl sites for hydroxylation is 1. The minimum atomic E-state index is -0.00519. The number of hydrogen-bond donors (Lipinski definition) is 1. The lowest BCUT2D eigenvalue weighted by Crippen LogP contribution is -2.50. The number of carbonyl (C=O) groups excluding carboxylic acids is 1. The Balaban J connectivity index is 1.31. The van der Waals surface area contributed by atoms with Gasteiger partial charge in [0.15, 0.2) is 0 Å². The van der Waals surface area contributed by atoms with Crippen LogP contribution in [0.2, 0.25) is 0 Å². The van der Waals surface area contributed by atoms with Crippen LogP contribution < -0.4 is 15.1 Å². The fourth-order valence-corrected chi connectivity index (χ4v) is 4.10. The molecule has 1 N–H and O–H groups in total. The fraction of sp³-hybridized carbons (Fsp3) is 0.435. The summed E-state index contributed by atoms with van der Waals surface area (Å²) >= 11 is 0. The van der Waals surface area contributed by atoms with Crippen molar-refractivity contribution in [2.24, 2.45) is 0 Å². The van der Waals surface area contributed by atoms with Gasteiger partial charge in [-0.15, -0.1) is 0 Å². The number of amides is 2. The van der Waals surface area contributed by atoms with Gasteiger partial charge >= 0.3 is 6.03 Å². The van der Waals surface area contributed by atoms with Crippen molar-refractivity contribution in [1.29, 1.82) is 0 Å². The largest absolute Gasteiger partial charge is 0.372 e. The molecule has 0 atom stereocenters. The predicted octanol–water partition coefficient (Wildman–Crippen LogP) is 4.34. The second-order valence-corrected chi connectivity index (χ2v) is 7.78. The lowest BCUT2D eigenvalue weighted by atomic mass is 10.1. The van der Waals surface area contributed by atoms with Crippen LogP contribution >= 0.6 is 0 Å². The third-order valence-corrected chi connectivity index (χ3v) is 5.89. The molecule has 0 aliphatic carbocycles. The molecule has 2 fully saturated rings. The Bertz CT molecular complexity index is 791. The molecule has 2 aliphatic rings. The Kier molecular flexibility index (Phi) is 5.70. The van der Waals surface area contributed by atoms with Crippen LogP contribution in [0, 0.1) is 6.92 Å². The summed E-state index contributed by atoms with van der Waals surface area (Å²) in [5, 5.41) is 3.04. The summed E-state index contributed by atoms with van der Waals surface area (Å²) < 4.78 is 0. The van der Waals surface area contributed by atoms with Crippen molar-refractivity contribution >= 4 is 23.1 Å². The molecule has 4 rings (SSSR count). The summed E-state index contributed by atoms with van der Waals surface area (Å²) in [6, 6.07) is 16.9. The molecular weight excluding hydrogens is 348 g/mol. The Hall–Kier alpha value is -2.69. The first-order valence-electron chi connectivity index (χ1n) is 10.4.